The molecule has 0 heterocycles. The second-order valence-electron chi connectivity index (χ2n) is 13.7. The van der Waals surface area contributed by atoms with Crippen molar-refractivity contribution in [2.75, 3.05) is 4.90 Å². The minimum Gasteiger partial charge on any atom is -0.507 e. The molecule has 0 amide bonds. The van der Waals surface area contributed by atoms with Crippen LogP contribution in [0.4, 0.5) is 17.1 Å². The van der Waals surface area contributed by atoms with Gasteiger partial charge in [0.1, 0.15) is 5.75 Å². The lowest BCUT2D eigenvalue weighted by molar-refractivity contribution is 0.480. The molecule has 0 saturated carbocycles. The van der Waals surface area contributed by atoms with Crippen LogP contribution in [0.15, 0.2) is 158 Å². The van der Waals surface area contributed by atoms with Gasteiger partial charge >= 0.3 is 0 Å². The molecule has 1 unspecified atom stereocenters. The Bertz CT molecular complexity index is 2220. The molecule has 1 aliphatic rings. The monoisotopic (exact) mass is 649 g/mol. The van der Waals surface area contributed by atoms with E-state index in [1.807, 2.05) is 18.2 Å². The predicted octanol–water partition coefficient (Wildman–Crippen LogP) is 12.8. The molecule has 1 atom stereocenters. The summed E-state index contributed by atoms with van der Waals surface area (Å²) in [5, 5.41) is 13.6. The van der Waals surface area contributed by atoms with Crippen molar-refractivity contribution in [3.05, 3.63) is 191 Å². The minimum atomic E-state index is -0.657. The van der Waals surface area contributed by atoms with Crippen LogP contribution in [0.25, 0.3) is 21.9 Å². The fourth-order valence-electron chi connectivity index (χ4n) is 8.16. The van der Waals surface area contributed by atoms with E-state index in [0.29, 0.717) is 5.75 Å². The number of para-hydroxylation sites is 2. The normalized spacial score (nSPS) is 14.8. The zero-order chi connectivity index (χ0) is 34.1. The molecule has 50 heavy (non-hydrogen) atoms. The number of rotatable bonds is 10. The predicted molar refractivity (Wildman–Crippen MR) is 210 cm³/mol. The van der Waals surface area contributed by atoms with Crippen LogP contribution in [-0.2, 0) is 11.8 Å². The van der Waals surface area contributed by atoms with Gasteiger partial charge in [-0.2, -0.15) is 0 Å². The first-order chi connectivity index (χ1) is 24.6. The number of hydrogen-bond acceptors (Lipinski definition) is 2. The zero-order valence-electron chi connectivity index (χ0n) is 28.9. The van der Waals surface area contributed by atoms with Gasteiger partial charge in [0.25, 0.3) is 0 Å². The number of hydrogen-bond donors (Lipinski definition) is 1. The largest absolute Gasteiger partial charge is 0.507 e. The molecule has 8 rings (SSSR count). The number of phenols is 1. The second kappa shape index (κ2) is 13.4. The third-order valence-electron chi connectivity index (χ3n) is 10.6. The van der Waals surface area contributed by atoms with Gasteiger partial charge in [-0.3, -0.25) is 0 Å². The SMILES string of the molecule is CCCCCCc1ccc(C2(c3ccc(C)cc3)c3cc(N(c4ccccc4)c4ccccc4)ccc3-c3c2cc(O)c2ccccc32)cc1. The number of anilines is 3. The number of aryl methyl sites for hydroxylation is 2. The van der Waals surface area contributed by atoms with Gasteiger partial charge in [0.05, 0.1) is 5.41 Å². The molecule has 0 saturated heterocycles. The van der Waals surface area contributed by atoms with Gasteiger partial charge in [0, 0.05) is 22.4 Å². The summed E-state index contributed by atoms with van der Waals surface area (Å²) in [6.07, 6.45) is 6.09. The lowest BCUT2D eigenvalue weighted by Gasteiger charge is -2.35. The number of benzene rings is 7. The van der Waals surface area contributed by atoms with Gasteiger partial charge in [-0.25, -0.2) is 0 Å². The number of nitrogens with zero attached hydrogens (tertiary/aromatic N) is 1. The maximum absolute atomic E-state index is 11.7. The standard InChI is InChI=1S/C48H43NO/c1-3-4-5-8-15-35-24-28-37(29-25-35)48(36-26-22-34(2)23-27-36)44-32-40(49(38-16-9-6-10-17-38)39-18-11-7-12-19-39)30-31-43(44)47-42-21-14-13-20-41(42)46(50)33-45(47)48/h6-7,9-14,16-33,50H,3-5,8,15H2,1-2H3. The van der Waals surface area contributed by atoms with Crippen molar-refractivity contribution in [2.45, 2.75) is 51.4 Å². The molecule has 0 spiro atoms. The highest BCUT2D eigenvalue weighted by atomic mass is 16.3. The van der Waals surface area contributed by atoms with Gasteiger partial charge in [0.15, 0.2) is 0 Å². The van der Waals surface area contributed by atoms with Crippen molar-refractivity contribution in [3.63, 3.8) is 0 Å². The van der Waals surface area contributed by atoms with Crippen molar-refractivity contribution < 1.29 is 5.11 Å². The molecule has 1 aliphatic carbocycles. The minimum absolute atomic E-state index is 0.312. The van der Waals surface area contributed by atoms with Crippen LogP contribution in [0.5, 0.6) is 5.75 Å². The fourth-order valence-corrected chi connectivity index (χ4v) is 8.16. The molecule has 7 aromatic carbocycles. The lowest BCUT2D eigenvalue weighted by atomic mass is 9.67. The van der Waals surface area contributed by atoms with Gasteiger partial charge in [-0.15, -0.1) is 0 Å². The molecule has 0 aliphatic heterocycles. The van der Waals surface area contributed by atoms with E-state index in [-0.39, 0.29) is 0 Å². The third-order valence-corrected chi connectivity index (χ3v) is 10.6. The topological polar surface area (TPSA) is 23.5 Å². The molecule has 0 bridgehead atoms. The molecular weight excluding hydrogens is 607 g/mol. The lowest BCUT2D eigenvalue weighted by Crippen LogP contribution is -2.29. The molecule has 7 aromatic rings. The Morgan fingerprint density at radius 1 is 0.540 bits per heavy atom. The first-order valence-electron chi connectivity index (χ1n) is 18.1. The van der Waals surface area contributed by atoms with E-state index >= 15 is 0 Å². The van der Waals surface area contributed by atoms with Crippen molar-refractivity contribution in [2.24, 2.45) is 0 Å². The van der Waals surface area contributed by atoms with Crippen molar-refractivity contribution in [1.29, 1.82) is 0 Å². The van der Waals surface area contributed by atoms with Crippen LogP contribution in [0.2, 0.25) is 0 Å². The van der Waals surface area contributed by atoms with Crippen molar-refractivity contribution in [1.82, 2.24) is 0 Å². The summed E-state index contributed by atoms with van der Waals surface area (Å²) in [5.74, 6) is 0.312. The van der Waals surface area contributed by atoms with E-state index in [2.05, 4.69) is 158 Å². The average molecular weight is 650 g/mol. The number of aromatic hydroxyl groups is 1. The summed E-state index contributed by atoms with van der Waals surface area (Å²) < 4.78 is 0. The van der Waals surface area contributed by atoms with Crippen LogP contribution in [-0.4, -0.2) is 5.11 Å². The van der Waals surface area contributed by atoms with E-state index in [4.69, 9.17) is 0 Å². The van der Waals surface area contributed by atoms with Gasteiger partial charge in [-0.05, 0) is 107 Å². The Morgan fingerprint density at radius 3 is 1.78 bits per heavy atom. The second-order valence-corrected chi connectivity index (χ2v) is 13.7. The van der Waals surface area contributed by atoms with Crippen LogP contribution >= 0.6 is 0 Å². The summed E-state index contributed by atoms with van der Waals surface area (Å²) in [6, 6.07) is 56.9. The Balaban J connectivity index is 1.42. The first kappa shape index (κ1) is 31.7. The van der Waals surface area contributed by atoms with Crippen molar-refractivity contribution >= 4 is 27.8 Å². The van der Waals surface area contributed by atoms with E-state index in [1.54, 1.807) is 0 Å². The smallest absolute Gasteiger partial charge is 0.123 e. The van der Waals surface area contributed by atoms with E-state index in [9.17, 15) is 5.11 Å². The highest BCUT2D eigenvalue weighted by molar-refractivity contribution is 6.07. The molecular formula is C48H43NO. The fraction of sp³-hybridized carbons (Fsp3) is 0.167. The Labute approximate surface area is 296 Å². The summed E-state index contributed by atoms with van der Waals surface area (Å²) >= 11 is 0. The Kier molecular flexibility index (Phi) is 8.46. The number of unbranched alkanes of at least 4 members (excludes halogenated alkanes) is 3. The maximum atomic E-state index is 11.7. The highest BCUT2D eigenvalue weighted by Crippen LogP contribution is 2.60. The summed E-state index contributed by atoms with van der Waals surface area (Å²) in [6.45, 7) is 4.41. The van der Waals surface area contributed by atoms with Gasteiger partial charge in [0.2, 0.25) is 0 Å². The molecule has 2 heteroatoms. The van der Waals surface area contributed by atoms with E-state index in [0.717, 1.165) is 39.8 Å². The Morgan fingerprint density at radius 2 is 1.14 bits per heavy atom. The highest BCUT2D eigenvalue weighted by Gasteiger charge is 2.47. The number of fused-ring (bicyclic) bond motifs is 5. The third kappa shape index (κ3) is 5.36. The van der Waals surface area contributed by atoms with Crippen LogP contribution in [0.1, 0.15) is 66.0 Å². The summed E-state index contributed by atoms with van der Waals surface area (Å²) in [4.78, 5) is 2.35. The number of phenolic OH excluding ortho intramolecular Hbond substituents is 1. The molecule has 0 radical (unpaired) electrons. The Hall–Kier alpha value is -5.60. The van der Waals surface area contributed by atoms with Gasteiger partial charge < -0.3 is 10.0 Å². The molecule has 246 valence electrons. The molecule has 1 N–H and O–H groups in total. The quantitative estimate of drug-likeness (QED) is 0.149. The van der Waals surface area contributed by atoms with Crippen LogP contribution in [0, 0.1) is 6.92 Å². The molecule has 0 aromatic heterocycles. The summed E-state index contributed by atoms with van der Waals surface area (Å²) in [7, 11) is 0. The van der Waals surface area contributed by atoms with E-state index < -0.39 is 5.41 Å². The average Bonchev–Trinajstić information content (AvgIpc) is 3.45. The molecule has 0 fully saturated rings. The van der Waals surface area contributed by atoms with Gasteiger partial charge in [-0.1, -0.05) is 147 Å². The van der Waals surface area contributed by atoms with Crippen molar-refractivity contribution in [3.8, 4) is 16.9 Å². The summed E-state index contributed by atoms with van der Waals surface area (Å²) in [5.41, 5.74) is 12.4. The zero-order valence-corrected chi connectivity index (χ0v) is 28.9. The van der Waals surface area contributed by atoms with Crippen LogP contribution < -0.4 is 4.90 Å². The van der Waals surface area contributed by atoms with E-state index in [1.165, 1.54) is 64.6 Å². The molecule has 2 nitrogen and oxygen atoms in total. The van der Waals surface area contributed by atoms with Crippen LogP contribution in [0.3, 0.4) is 0 Å². The maximum Gasteiger partial charge on any atom is 0.123 e. The first-order valence-corrected chi connectivity index (χ1v) is 18.1.